The molecule has 0 fully saturated rings. The summed E-state index contributed by atoms with van der Waals surface area (Å²) in [4.78, 5) is 11.9. The van der Waals surface area contributed by atoms with Gasteiger partial charge in [0, 0.05) is 16.3 Å². The molecule has 0 aliphatic heterocycles. The second-order valence-corrected chi connectivity index (χ2v) is 4.11. The average molecular weight is 251 g/mol. The van der Waals surface area contributed by atoms with Gasteiger partial charge >= 0.3 is 0 Å². The summed E-state index contributed by atoms with van der Waals surface area (Å²) in [6, 6.07) is 5.33. The van der Waals surface area contributed by atoms with Crippen molar-refractivity contribution in [3.63, 3.8) is 0 Å². The number of carbonyl (C=O) groups excluding carboxylic acids is 1. The smallest absolute Gasteiger partial charge is 0.294 e. The number of hydrogen-bond donors (Lipinski definition) is 1. The van der Waals surface area contributed by atoms with Crippen molar-refractivity contribution in [2.45, 2.75) is 13.8 Å². The summed E-state index contributed by atoms with van der Waals surface area (Å²) in [6.45, 7) is 3.60. The molecule has 4 nitrogen and oxygen atoms in total. The molecule has 0 aliphatic rings. The van der Waals surface area contributed by atoms with Crippen LogP contribution in [0.25, 0.3) is 0 Å². The maximum Gasteiger partial charge on any atom is 0.294 e. The predicted molar refractivity (Wildman–Crippen MR) is 65.4 cm³/mol. The van der Waals surface area contributed by atoms with E-state index in [1.165, 1.54) is 6.20 Å². The molecule has 0 saturated carbocycles. The zero-order valence-corrected chi connectivity index (χ0v) is 10.2. The maximum absolute atomic E-state index is 11.9. The Kier molecular flexibility index (Phi) is 3.15. The van der Waals surface area contributed by atoms with Crippen molar-refractivity contribution >= 4 is 23.2 Å². The third-order valence-corrected chi connectivity index (χ3v) is 2.88. The molecule has 1 amide bonds. The summed E-state index contributed by atoms with van der Waals surface area (Å²) in [5.74, 6) is -0.116. The average Bonchev–Trinajstić information content (AvgIpc) is 2.71. The number of nitrogens with one attached hydrogen (secondary N) is 1. The molecule has 1 aromatic heterocycles. The first kappa shape index (κ1) is 11.7. The third-order valence-electron chi connectivity index (χ3n) is 2.47. The van der Waals surface area contributed by atoms with Crippen molar-refractivity contribution in [1.82, 2.24) is 5.16 Å². The summed E-state index contributed by atoms with van der Waals surface area (Å²) in [5.41, 5.74) is 2.18. The van der Waals surface area contributed by atoms with Crippen molar-refractivity contribution in [2.24, 2.45) is 0 Å². The second-order valence-electron chi connectivity index (χ2n) is 3.70. The van der Waals surface area contributed by atoms with Crippen molar-refractivity contribution in [3.05, 3.63) is 46.3 Å². The van der Waals surface area contributed by atoms with Crippen LogP contribution in [0.4, 0.5) is 5.69 Å². The number of aryl methyl sites for hydroxylation is 1. The molecule has 2 aromatic rings. The summed E-state index contributed by atoms with van der Waals surface area (Å²) < 4.78 is 4.87. The molecule has 0 atom stereocenters. The molecule has 88 valence electrons. The molecule has 0 aliphatic carbocycles. The monoisotopic (exact) mass is 250 g/mol. The van der Waals surface area contributed by atoms with E-state index in [0.29, 0.717) is 16.3 Å². The van der Waals surface area contributed by atoms with Gasteiger partial charge in [-0.1, -0.05) is 22.8 Å². The molecule has 0 unspecified atom stereocenters. The lowest BCUT2D eigenvalue weighted by Gasteiger charge is -2.07. The number of rotatable bonds is 2. The van der Waals surface area contributed by atoms with Crippen LogP contribution < -0.4 is 5.32 Å². The number of nitrogens with zero attached hydrogens (tertiary/aromatic N) is 1. The zero-order chi connectivity index (χ0) is 12.4. The van der Waals surface area contributed by atoms with Gasteiger partial charge in [0.05, 0.1) is 6.20 Å². The van der Waals surface area contributed by atoms with E-state index in [2.05, 4.69) is 10.5 Å². The molecule has 5 heteroatoms. The van der Waals surface area contributed by atoms with E-state index < -0.39 is 0 Å². The first-order valence-corrected chi connectivity index (χ1v) is 5.45. The first-order valence-electron chi connectivity index (χ1n) is 5.07. The second kappa shape index (κ2) is 4.59. The van der Waals surface area contributed by atoms with Crippen LogP contribution in [0.5, 0.6) is 0 Å². The van der Waals surface area contributed by atoms with Crippen LogP contribution in [0.1, 0.15) is 21.7 Å². The quantitative estimate of drug-likeness (QED) is 0.891. The minimum absolute atomic E-state index is 0.212. The van der Waals surface area contributed by atoms with Crippen LogP contribution in [-0.4, -0.2) is 11.1 Å². The topological polar surface area (TPSA) is 55.1 Å². The van der Waals surface area contributed by atoms with Crippen LogP contribution in [-0.2, 0) is 0 Å². The maximum atomic E-state index is 11.9. The SMILES string of the molecule is Cc1cnoc1C(=O)Nc1cccc(Cl)c1C. The molecule has 0 spiro atoms. The van der Waals surface area contributed by atoms with Gasteiger partial charge in [-0.25, -0.2) is 0 Å². The van der Waals surface area contributed by atoms with E-state index >= 15 is 0 Å². The summed E-state index contributed by atoms with van der Waals surface area (Å²) in [6.07, 6.45) is 1.50. The number of benzene rings is 1. The Morgan fingerprint density at radius 3 is 2.82 bits per heavy atom. The minimum atomic E-state index is -0.328. The fourth-order valence-corrected chi connectivity index (χ4v) is 1.61. The molecule has 17 heavy (non-hydrogen) atoms. The van der Waals surface area contributed by atoms with Crippen molar-refractivity contribution < 1.29 is 9.32 Å². The number of anilines is 1. The lowest BCUT2D eigenvalue weighted by atomic mass is 10.2. The van der Waals surface area contributed by atoms with Gasteiger partial charge in [0.15, 0.2) is 0 Å². The molecule has 1 N–H and O–H groups in total. The van der Waals surface area contributed by atoms with Crippen molar-refractivity contribution in [3.8, 4) is 0 Å². The van der Waals surface area contributed by atoms with Crippen LogP contribution >= 0.6 is 11.6 Å². The van der Waals surface area contributed by atoms with E-state index in [-0.39, 0.29) is 11.7 Å². The number of halogens is 1. The van der Waals surface area contributed by atoms with Crippen molar-refractivity contribution in [2.75, 3.05) is 5.32 Å². The predicted octanol–water partition coefficient (Wildman–Crippen LogP) is 3.20. The molecule has 0 radical (unpaired) electrons. The lowest BCUT2D eigenvalue weighted by Crippen LogP contribution is -2.13. The Labute approximate surface area is 104 Å². The third kappa shape index (κ3) is 2.31. The normalized spacial score (nSPS) is 10.3. The molecule has 2 rings (SSSR count). The molecular formula is C12H11ClN2O2. The minimum Gasteiger partial charge on any atom is -0.351 e. The number of aromatic nitrogens is 1. The van der Waals surface area contributed by atoms with Crippen molar-refractivity contribution in [1.29, 1.82) is 0 Å². The molecule has 1 heterocycles. The van der Waals surface area contributed by atoms with Crippen LogP contribution in [0.3, 0.4) is 0 Å². The Morgan fingerprint density at radius 1 is 1.41 bits per heavy atom. The summed E-state index contributed by atoms with van der Waals surface area (Å²) in [5, 5.41) is 6.91. The summed E-state index contributed by atoms with van der Waals surface area (Å²) in [7, 11) is 0. The first-order chi connectivity index (χ1) is 8.09. The highest BCUT2D eigenvalue weighted by Gasteiger charge is 2.15. The van der Waals surface area contributed by atoms with E-state index in [4.69, 9.17) is 16.1 Å². The fourth-order valence-electron chi connectivity index (χ4n) is 1.43. The standard InChI is InChI=1S/C12H11ClN2O2/c1-7-6-14-17-11(7)12(16)15-10-5-3-4-9(13)8(10)2/h3-6H,1-2H3,(H,15,16). The van der Waals surface area contributed by atoms with E-state index in [9.17, 15) is 4.79 Å². The Balaban J connectivity index is 2.25. The van der Waals surface area contributed by atoms with Gasteiger partial charge in [0.2, 0.25) is 5.76 Å². The van der Waals surface area contributed by atoms with Gasteiger partial charge in [-0.3, -0.25) is 4.79 Å². The highest BCUT2D eigenvalue weighted by molar-refractivity contribution is 6.31. The van der Waals surface area contributed by atoms with Gasteiger partial charge < -0.3 is 9.84 Å². The Bertz CT molecular complexity index is 563. The van der Waals surface area contributed by atoms with Crippen LogP contribution in [0.15, 0.2) is 28.9 Å². The lowest BCUT2D eigenvalue weighted by molar-refractivity contribution is 0.0987. The zero-order valence-electron chi connectivity index (χ0n) is 9.45. The van der Waals surface area contributed by atoms with E-state index in [0.717, 1.165) is 5.56 Å². The van der Waals surface area contributed by atoms with Crippen LogP contribution in [0, 0.1) is 13.8 Å². The fraction of sp³-hybridized carbons (Fsp3) is 0.167. The highest BCUT2D eigenvalue weighted by Crippen LogP contribution is 2.23. The van der Waals surface area contributed by atoms with Gasteiger partial charge in [-0.05, 0) is 31.5 Å². The van der Waals surface area contributed by atoms with Crippen LogP contribution in [0.2, 0.25) is 5.02 Å². The Morgan fingerprint density at radius 2 is 2.18 bits per heavy atom. The number of carbonyl (C=O) groups is 1. The number of hydrogen-bond acceptors (Lipinski definition) is 3. The molecule has 1 aromatic carbocycles. The largest absolute Gasteiger partial charge is 0.351 e. The van der Waals surface area contributed by atoms with Gasteiger partial charge in [0.1, 0.15) is 0 Å². The van der Waals surface area contributed by atoms with Gasteiger partial charge in [-0.2, -0.15) is 0 Å². The van der Waals surface area contributed by atoms with Gasteiger partial charge in [0.25, 0.3) is 5.91 Å². The van der Waals surface area contributed by atoms with Gasteiger partial charge in [-0.15, -0.1) is 0 Å². The Hall–Kier alpha value is -1.81. The highest BCUT2D eigenvalue weighted by atomic mass is 35.5. The molecular weight excluding hydrogens is 240 g/mol. The summed E-state index contributed by atoms with van der Waals surface area (Å²) >= 11 is 5.97. The molecule has 0 saturated heterocycles. The van der Waals surface area contributed by atoms with E-state index in [1.54, 1.807) is 25.1 Å². The molecule has 0 bridgehead atoms. The van der Waals surface area contributed by atoms with E-state index in [1.807, 2.05) is 6.92 Å². The number of amides is 1.